The number of hydrogen-bond acceptors (Lipinski definition) is 5. The van der Waals surface area contributed by atoms with E-state index in [1.807, 2.05) is 43.3 Å². The van der Waals surface area contributed by atoms with Gasteiger partial charge in [-0.3, -0.25) is 4.79 Å². The first-order valence-electron chi connectivity index (χ1n) is 10.1. The highest BCUT2D eigenvalue weighted by atomic mass is 35.5. The van der Waals surface area contributed by atoms with Crippen LogP contribution in [0.2, 0.25) is 5.02 Å². The summed E-state index contributed by atoms with van der Waals surface area (Å²) in [6.07, 6.45) is 0.996. The summed E-state index contributed by atoms with van der Waals surface area (Å²) in [6, 6.07) is 15.1. The van der Waals surface area contributed by atoms with Crippen LogP contribution in [0.25, 0.3) is 0 Å². The van der Waals surface area contributed by atoms with Gasteiger partial charge in [-0.25, -0.2) is 4.79 Å². The van der Waals surface area contributed by atoms with E-state index < -0.39 is 11.9 Å². The number of allylic oxidation sites excluding steroid dienone is 3. The van der Waals surface area contributed by atoms with Gasteiger partial charge in [-0.1, -0.05) is 41.9 Å². The van der Waals surface area contributed by atoms with Crippen LogP contribution in [0, 0.1) is 0 Å². The van der Waals surface area contributed by atoms with Gasteiger partial charge in [0, 0.05) is 40.2 Å². The second-order valence-corrected chi connectivity index (χ2v) is 8.24. The molecule has 1 N–H and O–H groups in total. The smallest absolute Gasteiger partial charge is 0.336 e. The Labute approximate surface area is 186 Å². The molecule has 31 heavy (non-hydrogen) atoms. The van der Waals surface area contributed by atoms with Crippen LogP contribution in [-0.2, 0) is 14.3 Å². The van der Waals surface area contributed by atoms with Crippen LogP contribution in [-0.4, -0.2) is 26.0 Å². The summed E-state index contributed by atoms with van der Waals surface area (Å²) >= 11 is 6.08. The second kappa shape index (κ2) is 8.60. The predicted molar refractivity (Wildman–Crippen MR) is 119 cm³/mol. The number of ketones is 1. The number of esters is 1. The Kier molecular flexibility index (Phi) is 5.88. The molecule has 0 bridgehead atoms. The summed E-state index contributed by atoms with van der Waals surface area (Å²) in [4.78, 5) is 26.2. The van der Waals surface area contributed by atoms with Gasteiger partial charge in [0.15, 0.2) is 5.78 Å². The number of dihydropyridines is 1. The molecule has 5 nitrogen and oxygen atoms in total. The number of methoxy groups -OCH3 is 2. The van der Waals surface area contributed by atoms with Gasteiger partial charge in [0.25, 0.3) is 0 Å². The molecule has 160 valence electrons. The summed E-state index contributed by atoms with van der Waals surface area (Å²) in [5.41, 5.74) is 4.46. The van der Waals surface area contributed by atoms with Crippen molar-refractivity contribution in [2.75, 3.05) is 14.2 Å². The van der Waals surface area contributed by atoms with E-state index >= 15 is 0 Å². The largest absolute Gasteiger partial charge is 0.496 e. The number of nitrogens with one attached hydrogen (secondary N) is 1. The molecular formula is C25H24ClNO4. The third-order valence-corrected chi connectivity index (χ3v) is 6.27. The molecule has 2 atom stereocenters. The molecule has 0 saturated heterocycles. The van der Waals surface area contributed by atoms with Gasteiger partial charge in [0.05, 0.1) is 19.8 Å². The molecule has 0 amide bonds. The molecule has 1 aliphatic carbocycles. The van der Waals surface area contributed by atoms with E-state index in [9.17, 15) is 9.59 Å². The molecule has 4 rings (SSSR count). The van der Waals surface area contributed by atoms with Crippen molar-refractivity contribution < 1.29 is 19.1 Å². The average molecular weight is 438 g/mol. The summed E-state index contributed by atoms with van der Waals surface area (Å²) in [6.45, 7) is 1.84. The number of halogens is 1. The first-order valence-corrected chi connectivity index (χ1v) is 10.5. The van der Waals surface area contributed by atoms with Crippen molar-refractivity contribution in [3.05, 3.63) is 87.2 Å². The maximum Gasteiger partial charge on any atom is 0.336 e. The first-order chi connectivity index (χ1) is 14.9. The maximum atomic E-state index is 13.5. The number of benzene rings is 2. The molecule has 2 aromatic rings. The molecule has 0 saturated carbocycles. The second-order valence-electron chi connectivity index (χ2n) is 7.80. The number of ether oxygens (including phenoxy) is 2. The minimum atomic E-state index is -0.493. The lowest BCUT2D eigenvalue weighted by atomic mass is 9.71. The monoisotopic (exact) mass is 437 g/mol. The minimum absolute atomic E-state index is 0.00626. The summed E-state index contributed by atoms with van der Waals surface area (Å²) in [5, 5.41) is 3.93. The molecular weight excluding hydrogens is 414 g/mol. The third-order valence-electron chi connectivity index (χ3n) is 6.01. The number of hydrogen-bond donors (Lipinski definition) is 1. The number of carbonyl (C=O) groups excluding carboxylic acids is 2. The lowest BCUT2D eigenvalue weighted by Crippen LogP contribution is -2.36. The normalized spacial score (nSPS) is 20.8. The zero-order valence-corrected chi connectivity index (χ0v) is 18.5. The van der Waals surface area contributed by atoms with Crippen molar-refractivity contribution in [1.29, 1.82) is 0 Å². The van der Waals surface area contributed by atoms with Crippen LogP contribution in [0.1, 0.15) is 42.7 Å². The fourth-order valence-corrected chi connectivity index (χ4v) is 4.76. The topological polar surface area (TPSA) is 64.6 Å². The van der Waals surface area contributed by atoms with E-state index in [0.29, 0.717) is 34.7 Å². The highest BCUT2D eigenvalue weighted by Crippen LogP contribution is 2.46. The molecule has 2 aromatic carbocycles. The molecule has 0 fully saturated rings. The molecule has 2 aliphatic rings. The number of carbonyl (C=O) groups is 2. The molecule has 0 radical (unpaired) electrons. The maximum absolute atomic E-state index is 13.5. The zero-order valence-electron chi connectivity index (χ0n) is 17.7. The number of Topliss-reactive ketones (excluding diaryl/α,β-unsaturated/α-hetero) is 1. The first kappa shape index (κ1) is 21.2. The molecule has 6 heteroatoms. The Morgan fingerprint density at radius 3 is 2.45 bits per heavy atom. The van der Waals surface area contributed by atoms with Crippen molar-refractivity contribution in [3.8, 4) is 5.75 Å². The van der Waals surface area contributed by atoms with Crippen molar-refractivity contribution in [2.24, 2.45) is 0 Å². The zero-order chi connectivity index (χ0) is 22.1. The van der Waals surface area contributed by atoms with Gasteiger partial charge >= 0.3 is 5.97 Å². The third kappa shape index (κ3) is 3.86. The van der Waals surface area contributed by atoms with Gasteiger partial charge in [0.2, 0.25) is 0 Å². The van der Waals surface area contributed by atoms with Crippen molar-refractivity contribution in [3.63, 3.8) is 0 Å². The van der Waals surface area contributed by atoms with Crippen LogP contribution in [0.3, 0.4) is 0 Å². The summed E-state index contributed by atoms with van der Waals surface area (Å²) in [7, 11) is 2.99. The van der Waals surface area contributed by atoms with Crippen molar-refractivity contribution in [2.45, 2.75) is 31.6 Å². The van der Waals surface area contributed by atoms with Crippen LogP contribution >= 0.6 is 11.6 Å². The lowest BCUT2D eigenvalue weighted by Gasteiger charge is -2.36. The lowest BCUT2D eigenvalue weighted by molar-refractivity contribution is -0.136. The molecule has 1 heterocycles. The fourth-order valence-electron chi connectivity index (χ4n) is 4.63. The Bertz CT molecular complexity index is 1100. The van der Waals surface area contributed by atoms with E-state index in [1.54, 1.807) is 19.2 Å². The van der Waals surface area contributed by atoms with Gasteiger partial charge < -0.3 is 14.8 Å². The highest BCUT2D eigenvalue weighted by Gasteiger charge is 2.41. The Morgan fingerprint density at radius 1 is 1.06 bits per heavy atom. The Morgan fingerprint density at radius 2 is 1.77 bits per heavy atom. The molecule has 0 unspecified atom stereocenters. The molecule has 0 spiro atoms. The van der Waals surface area contributed by atoms with Crippen LogP contribution in [0.4, 0.5) is 0 Å². The van der Waals surface area contributed by atoms with Crippen LogP contribution in [0.15, 0.2) is 71.1 Å². The predicted octanol–water partition coefficient (Wildman–Crippen LogP) is 4.88. The minimum Gasteiger partial charge on any atom is -0.496 e. The van der Waals surface area contributed by atoms with Gasteiger partial charge in [-0.2, -0.15) is 0 Å². The van der Waals surface area contributed by atoms with E-state index in [2.05, 4.69) is 5.32 Å². The molecule has 1 aliphatic heterocycles. The summed E-state index contributed by atoms with van der Waals surface area (Å²) < 4.78 is 10.6. The van der Waals surface area contributed by atoms with E-state index in [0.717, 1.165) is 22.6 Å². The van der Waals surface area contributed by atoms with Crippen LogP contribution in [0.5, 0.6) is 5.75 Å². The fraction of sp³-hybridized carbons (Fsp3) is 0.280. The number of rotatable bonds is 4. The highest BCUT2D eigenvalue weighted by molar-refractivity contribution is 6.30. The SMILES string of the molecule is COC(=O)C1=C(C)NC2=C(C(=O)C[C@H](c3ccccc3OC)C2)[C@@H]1c1ccc(Cl)cc1. The van der Waals surface area contributed by atoms with Crippen molar-refractivity contribution in [1.82, 2.24) is 5.32 Å². The molecule has 0 aromatic heterocycles. The van der Waals surface area contributed by atoms with E-state index in [-0.39, 0.29) is 11.7 Å². The van der Waals surface area contributed by atoms with Crippen molar-refractivity contribution >= 4 is 23.4 Å². The average Bonchev–Trinajstić information content (AvgIpc) is 2.78. The Hall–Kier alpha value is -3.05. The van der Waals surface area contributed by atoms with Gasteiger partial charge in [-0.05, 0) is 42.7 Å². The quantitative estimate of drug-likeness (QED) is 0.690. The standard InChI is InChI=1S/C25H24ClNO4/c1-14-22(25(29)31-3)23(15-8-10-17(26)11-9-15)24-19(27-14)12-16(13-20(24)28)18-6-4-5-7-21(18)30-2/h4-11,16,23,27H,12-13H2,1-3H3/t16-,23-/m1/s1. The van der Waals surface area contributed by atoms with Crippen LogP contribution < -0.4 is 10.1 Å². The summed E-state index contributed by atoms with van der Waals surface area (Å²) in [5.74, 6) is -0.160. The van der Waals surface area contributed by atoms with Gasteiger partial charge in [0.1, 0.15) is 5.75 Å². The van der Waals surface area contributed by atoms with E-state index in [1.165, 1.54) is 7.11 Å². The Balaban J connectivity index is 1.81. The van der Waals surface area contributed by atoms with E-state index in [4.69, 9.17) is 21.1 Å². The van der Waals surface area contributed by atoms with Gasteiger partial charge in [-0.15, -0.1) is 0 Å². The number of para-hydroxylation sites is 1.